The number of nitrogens with one attached hydrogen (secondary N) is 2. The number of benzene rings is 2. The number of hydrazone groups is 1. The molecule has 6 nitrogen and oxygen atoms in total. The maximum absolute atomic E-state index is 12.3. The Morgan fingerprint density at radius 3 is 2.62 bits per heavy atom. The van der Waals surface area contributed by atoms with Crippen LogP contribution in [0.1, 0.15) is 18.9 Å². The zero-order valence-corrected chi connectivity index (χ0v) is 16.5. The number of nitrogens with zero attached hydrogens (tertiary/aromatic N) is 1. The molecular weight excluding hydrogens is 398 g/mol. The van der Waals surface area contributed by atoms with Gasteiger partial charge in [-0.2, -0.15) is 5.10 Å². The van der Waals surface area contributed by atoms with E-state index in [0.29, 0.717) is 17.9 Å². The summed E-state index contributed by atoms with van der Waals surface area (Å²) < 4.78 is 11.4. The molecule has 0 aliphatic rings. The Labute approximate surface area is 161 Å². The number of hydrogen-bond acceptors (Lipinski definition) is 5. The van der Waals surface area contributed by atoms with E-state index in [0.717, 1.165) is 15.7 Å². The zero-order valence-electron chi connectivity index (χ0n) is 15.0. The predicted octanol–water partition coefficient (Wildman–Crippen LogP) is 3.81. The first-order valence-electron chi connectivity index (χ1n) is 8.14. The molecule has 26 heavy (non-hydrogen) atoms. The molecule has 138 valence electrons. The Morgan fingerprint density at radius 2 is 1.96 bits per heavy atom. The fourth-order valence-electron chi connectivity index (χ4n) is 2.31. The van der Waals surface area contributed by atoms with E-state index < -0.39 is 0 Å². The molecule has 0 saturated heterocycles. The summed E-state index contributed by atoms with van der Waals surface area (Å²) in [5.41, 5.74) is 4.22. The Bertz CT molecular complexity index is 780. The van der Waals surface area contributed by atoms with Gasteiger partial charge in [-0.15, -0.1) is 0 Å². The molecule has 0 bridgehead atoms. The van der Waals surface area contributed by atoms with E-state index >= 15 is 0 Å². The van der Waals surface area contributed by atoms with Crippen LogP contribution in [0.15, 0.2) is 52.0 Å². The van der Waals surface area contributed by atoms with Crippen molar-refractivity contribution in [3.63, 3.8) is 0 Å². The van der Waals surface area contributed by atoms with Crippen LogP contribution >= 0.6 is 15.9 Å². The Kier molecular flexibility index (Phi) is 7.47. The van der Waals surface area contributed by atoms with Crippen molar-refractivity contribution in [2.45, 2.75) is 19.4 Å². The van der Waals surface area contributed by atoms with Crippen LogP contribution in [-0.2, 0) is 4.79 Å². The van der Waals surface area contributed by atoms with Crippen LogP contribution in [0.3, 0.4) is 0 Å². The second-order valence-electron chi connectivity index (χ2n) is 5.46. The highest BCUT2D eigenvalue weighted by Crippen LogP contribution is 2.26. The largest absolute Gasteiger partial charge is 0.493 e. The molecule has 0 radical (unpaired) electrons. The first-order chi connectivity index (χ1) is 12.6. The Balaban J connectivity index is 1.98. The number of carbonyl (C=O) groups excluding carboxylic acids is 1. The van der Waals surface area contributed by atoms with E-state index in [-0.39, 0.29) is 11.9 Å². The standard InChI is InChI=1S/C19H22BrN3O3/c1-4-16(22-15-7-5-6-14(20)11-15)19(24)23-21-12-13-8-9-17(25-2)18(10-13)26-3/h5-12,16,22H,4H2,1-3H3,(H,23,24). The molecule has 1 atom stereocenters. The number of rotatable bonds is 8. The fraction of sp³-hybridized carbons (Fsp3) is 0.263. The summed E-state index contributed by atoms with van der Waals surface area (Å²) in [7, 11) is 3.15. The molecule has 2 aromatic carbocycles. The van der Waals surface area contributed by atoms with Crippen LogP contribution in [-0.4, -0.2) is 32.4 Å². The monoisotopic (exact) mass is 419 g/mol. The first kappa shape index (κ1) is 19.8. The van der Waals surface area contributed by atoms with Crippen molar-refractivity contribution in [3.8, 4) is 11.5 Å². The van der Waals surface area contributed by atoms with Crippen LogP contribution in [0.5, 0.6) is 11.5 Å². The van der Waals surface area contributed by atoms with Gasteiger partial charge in [-0.25, -0.2) is 5.43 Å². The number of anilines is 1. The second kappa shape index (κ2) is 9.82. The van der Waals surface area contributed by atoms with Crippen molar-refractivity contribution >= 4 is 33.7 Å². The third-order valence-electron chi connectivity index (χ3n) is 3.69. The zero-order chi connectivity index (χ0) is 18.9. The summed E-state index contributed by atoms with van der Waals surface area (Å²) in [5.74, 6) is 1.03. The maximum atomic E-state index is 12.3. The average molecular weight is 420 g/mol. The third-order valence-corrected chi connectivity index (χ3v) is 4.18. The molecule has 0 aliphatic heterocycles. The summed E-state index contributed by atoms with van der Waals surface area (Å²) in [5, 5.41) is 7.23. The summed E-state index contributed by atoms with van der Waals surface area (Å²) in [6.07, 6.45) is 2.19. The van der Waals surface area contributed by atoms with Gasteiger partial charge in [0.2, 0.25) is 0 Å². The Morgan fingerprint density at radius 1 is 1.19 bits per heavy atom. The summed E-state index contributed by atoms with van der Waals surface area (Å²) in [6.45, 7) is 1.94. The molecule has 0 fully saturated rings. The summed E-state index contributed by atoms with van der Waals surface area (Å²) in [4.78, 5) is 12.3. The number of halogens is 1. The molecule has 0 spiro atoms. The van der Waals surface area contributed by atoms with Crippen LogP contribution in [0.25, 0.3) is 0 Å². The molecule has 2 aromatic rings. The van der Waals surface area contributed by atoms with E-state index in [4.69, 9.17) is 9.47 Å². The van der Waals surface area contributed by atoms with Crippen molar-refractivity contribution in [1.82, 2.24) is 5.43 Å². The number of amides is 1. The smallest absolute Gasteiger partial charge is 0.262 e. The van der Waals surface area contributed by atoms with E-state index in [2.05, 4.69) is 31.8 Å². The predicted molar refractivity (Wildman–Crippen MR) is 107 cm³/mol. The minimum Gasteiger partial charge on any atom is -0.493 e. The lowest BCUT2D eigenvalue weighted by molar-refractivity contribution is -0.121. The molecule has 7 heteroatoms. The van der Waals surface area contributed by atoms with Crippen LogP contribution in [0.2, 0.25) is 0 Å². The van der Waals surface area contributed by atoms with Gasteiger partial charge in [0.15, 0.2) is 11.5 Å². The molecule has 1 unspecified atom stereocenters. The lowest BCUT2D eigenvalue weighted by Gasteiger charge is -2.16. The highest BCUT2D eigenvalue weighted by molar-refractivity contribution is 9.10. The van der Waals surface area contributed by atoms with Gasteiger partial charge in [-0.05, 0) is 48.4 Å². The summed E-state index contributed by atoms with van der Waals surface area (Å²) >= 11 is 3.42. The van der Waals surface area contributed by atoms with Crippen molar-refractivity contribution < 1.29 is 14.3 Å². The van der Waals surface area contributed by atoms with Gasteiger partial charge >= 0.3 is 0 Å². The lowest BCUT2D eigenvalue weighted by Crippen LogP contribution is -2.36. The fourth-order valence-corrected chi connectivity index (χ4v) is 2.71. The molecule has 2 N–H and O–H groups in total. The van der Waals surface area contributed by atoms with Gasteiger partial charge in [0.1, 0.15) is 6.04 Å². The van der Waals surface area contributed by atoms with Crippen LogP contribution in [0, 0.1) is 0 Å². The molecule has 0 aromatic heterocycles. The van der Waals surface area contributed by atoms with E-state index in [1.165, 1.54) is 0 Å². The normalized spacial score (nSPS) is 11.8. The van der Waals surface area contributed by atoms with Crippen LogP contribution < -0.4 is 20.2 Å². The molecule has 0 aliphatic carbocycles. The number of hydrogen-bond donors (Lipinski definition) is 2. The third kappa shape index (κ3) is 5.49. The number of ether oxygens (including phenoxy) is 2. The summed E-state index contributed by atoms with van der Waals surface area (Å²) in [6, 6.07) is 12.7. The molecule has 2 rings (SSSR count). The molecule has 0 saturated carbocycles. The van der Waals surface area contributed by atoms with E-state index in [1.54, 1.807) is 32.6 Å². The highest BCUT2D eigenvalue weighted by Gasteiger charge is 2.15. The van der Waals surface area contributed by atoms with Gasteiger partial charge in [0.05, 0.1) is 20.4 Å². The maximum Gasteiger partial charge on any atom is 0.262 e. The van der Waals surface area contributed by atoms with Crippen LogP contribution in [0.4, 0.5) is 5.69 Å². The van der Waals surface area contributed by atoms with Gasteiger partial charge < -0.3 is 14.8 Å². The lowest BCUT2D eigenvalue weighted by atomic mass is 10.2. The van der Waals surface area contributed by atoms with Gasteiger partial charge in [-0.3, -0.25) is 4.79 Å². The SMILES string of the molecule is CCC(Nc1cccc(Br)c1)C(=O)NN=Cc1ccc(OC)c(OC)c1. The van der Waals surface area contributed by atoms with E-state index in [9.17, 15) is 4.79 Å². The Hall–Kier alpha value is -2.54. The average Bonchev–Trinajstić information content (AvgIpc) is 2.65. The quantitative estimate of drug-likeness (QED) is 0.503. The minimum atomic E-state index is -0.383. The van der Waals surface area contributed by atoms with Crippen molar-refractivity contribution in [2.75, 3.05) is 19.5 Å². The number of carbonyl (C=O) groups is 1. The van der Waals surface area contributed by atoms with Gasteiger partial charge in [0, 0.05) is 10.2 Å². The molecule has 0 heterocycles. The first-order valence-corrected chi connectivity index (χ1v) is 8.93. The number of methoxy groups -OCH3 is 2. The van der Waals surface area contributed by atoms with Crippen molar-refractivity contribution in [3.05, 3.63) is 52.5 Å². The van der Waals surface area contributed by atoms with Gasteiger partial charge in [-0.1, -0.05) is 28.9 Å². The highest BCUT2D eigenvalue weighted by atomic mass is 79.9. The minimum absolute atomic E-state index is 0.204. The van der Waals surface area contributed by atoms with E-state index in [1.807, 2.05) is 37.3 Å². The van der Waals surface area contributed by atoms with Crippen molar-refractivity contribution in [1.29, 1.82) is 0 Å². The molecular formula is C19H22BrN3O3. The topological polar surface area (TPSA) is 72.0 Å². The second-order valence-corrected chi connectivity index (χ2v) is 6.38. The van der Waals surface area contributed by atoms with Gasteiger partial charge in [0.25, 0.3) is 5.91 Å². The van der Waals surface area contributed by atoms with Crippen molar-refractivity contribution in [2.24, 2.45) is 5.10 Å². The molecule has 1 amide bonds.